The van der Waals surface area contributed by atoms with Crippen LogP contribution in [0, 0.1) is 5.92 Å². The van der Waals surface area contributed by atoms with E-state index in [1.807, 2.05) is 31.1 Å². The highest BCUT2D eigenvalue weighted by Gasteiger charge is 2.18. The Hall–Kier alpha value is -2.04. The van der Waals surface area contributed by atoms with Crippen LogP contribution in [0.5, 0.6) is 0 Å². The minimum Gasteiger partial charge on any atom is -0.481 e. The second-order valence-corrected chi connectivity index (χ2v) is 4.87. The van der Waals surface area contributed by atoms with Crippen LogP contribution in [0.2, 0.25) is 0 Å². The number of carbonyl (C=O) groups is 2. The number of carboxylic acids is 1. The van der Waals surface area contributed by atoms with E-state index < -0.39 is 11.9 Å². The van der Waals surface area contributed by atoms with Crippen LogP contribution in [-0.4, -0.2) is 49.6 Å². The second kappa shape index (κ2) is 6.22. The Balaban J connectivity index is 2.82. The van der Waals surface area contributed by atoms with Crippen molar-refractivity contribution in [3.8, 4) is 0 Å². The van der Waals surface area contributed by atoms with Gasteiger partial charge in [-0.2, -0.15) is 0 Å². The van der Waals surface area contributed by atoms with Crippen LogP contribution in [0.15, 0.2) is 24.3 Å². The van der Waals surface area contributed by atoms with Crippen LogP contribution in [0.3, 0.4) is 0 Å². The molecule has 0 radical (unpaired) electrons. The summed E-state index contributed by atoms with van der Waals surface area (Å²) in [4.78, 5) is 26.3. The molecule has 0 heterocycles. The number of aliphatic carboxylic acids is 1. The van der Waals surface area contributed by atoms with Gasteiger partial charge in [-0.05, 0) is 18.2 Å². The summed E-state index contributed by atoms with van der Waals surface area (Å²) in [5.74, 6) is -1.65. The third-order valence-corrected chi connectivity index (χ3v) is 2.93. The van der Waals surface area contributed by atoms with Gasteiger partial charge in [0.1, 0.15) is 0 Å². The number of carboxylic acid groups (broad SMARTS) is 1. The predicted molar refractivity (Wildman–Crippen MR) is 74.5 cm³/mol. The third kappa shape index (κ3) is 3.98. The summed E-state index contributed by atoms with van der Waals surface area (Å²) < 4.78 is 0. The maximum atomic E-state index is 12.2. The van der Waals surface area contributed by atoms with E-state index in [1.165, 1.54) is 4.90 Å². The van der Waals surface area contributed by atoms with E-state index in [1.54, 1.807) is 26.1 Å². The zero-order valence-corrected chi connectivity index (χ0v) is 11.8. The highest BCUT2D eigenvalue weighted by atomic mass is 16.4. The molecule has 0 saturated heterocycles. The number of rotatable bonds is 5. The molecule has 1 unspecified atom stereocenters. The Labute approximate surface area is 113 Å². The molecule has 0 aromatic heterocycles. The molecule has 0 aliphatic heterocycles. The van der Waals surface area contributed by atoms with Crippen LogP contribution in [-0.2, 0) is 4.79 Å². The molecule has 0 fully saturated rings. The minimum absolute atomic E-state index is 0.170. The number of nitrogens with zero attached hydrogens (tertiary/aromatic N) is 2. The van der Waals surface area contributed by atoms with Gasteiger partial charge in [-0.1, -0.05) is 13.0 Å². The van der Waals surface area contributed by atoms with Crippen molar-refractivity contribution in [2.24, 2.45) is 5.92 Å². The topological polar surface area (TPSA) is 60.9 Å². The quantitative estimate of drug-likeness (QED) is 0.876. The molecule has 104 valence electrons. The summed E-state index contributed by atoms with van der Waals surface area (Å²) in [6, 6.07) is 7.26. The first-order chi connectivity index (χ1) is 8.82. The van der Waals surface area contributed by atoms with Gasteiger partial charge in [0.2, 0.25) is 0 Å². The molecule has 0 saturated carbocycles. The average molecular weight is 264 g/mol. The largest absolute Gasteiger partial charge is 0.481 e. The first-order valence-corrected chi connectivity index (χ1v) is 6.08. The van der Waals surface area contributed by atoms with Crippen molar-refractivity contribution in [1.82, 2.24) is 4.90 Å². The molecule has 5 nitrogen and oxygen atoms in total. The molecule has 19 heavy (non-hydrogen) atoms. The number of benzene rings is 1. The summed E-state index contributed by atoms with van der Waals surface area (Å²) >= 11 is 0. The maximum absolute atomic E-state index is 12.2. The van der Waals surface area contributed by atoms with Gasteiger partial charge in [0, 0.05) is 38.9 Å². The Bertz CT molecular complexity index is 472. The lowest BCUT2D eigenvalue weighted by Gasteiger charge is -2.20. The highest BCUT2D eigenvalue weighted by molar-refractivity contribution is 5.95. The molecule has 0 bridgehead atoms. The fraction of sp³-hybridized carbons (Fsp3) is 0.429. The van der Waals surface area contributed by atoms with E-state index in [2.05, 4.69) is 0 Å². The fourth-order valence-corrected chi connectivity index (χ4v) is 1.71. The van der Waals surface area contributed by atoms with Crippen LogP contribution in [0.4, 0.5) is 5.69 Å². The lowest BCUT2D eigenvalue weighted by molar-refractivity contribution is -0.141. The minimum atomic E-state index is -0.901. The molecule has 0 aliphatic rings. The van der Waals surface area contributed by atoms with Crippen molar-refractivity contribution in [2.75, 3.05) is 32.6 Å². The predicted octanol–water partition coefficient (Wildman–Crippen LogP) is 1.55. The Morgan fingerprint density at radius 3 is 2.42 bits per heavy atom. The van der Waals surface area contributed by atoms with Crippen molar-refractivity contribution in [2.45, 2.75) is 6.92 Å². The SMILES string of the molecule is CC(CN(C)C(=O)c1cccc(N(C)C)c1)C(=O)O. The second-order valence-electron chi connectivity index (χ2n) is 4.87. The van der Waals surface area contributed by atoms with Gasteiger partial charge in [0.05, 0.1) is 5.92 Å². The standard InChI is InChI=1S/C14H20N2O3/c1-10(14(18)19)9-16(4)13(17)11-6-5-7-12(8-11)15(2)3/h5-8,10H,9H2,1-4H3,(H,18,19). The lowest BCUT2D eigenvalue weighted by atomic mass is 10.1. The Morgan fingerprint density at radius 1 is 1.26 bits per heavy atom. The summed E-state index contributed by atoms with van der Waals surface area (Å²) in [6.45, 7) is 1.78. The van der Waals surface area contributed by atoms with E-state index in [-0.39, 0.29) is 12.5 Å². The van der Waals surface area contributed by atoms with Gasteiger partial charge in [-0.15, -0.1) is 0 Å². The summed E-state index contributed by atoms with van der Waals surface area (Å²) in [6.07, 6.45) is 0. The highest BCUT2D eigenvalue weighted by Crippen LogP contribution is 2.15. The van der Waals surface area contributed by atoms with Crippen molar-refractivity contribution in [3.05, 3.63) is 29.8 Å². The molecule has 1 aromatic carbocycles. The van der Waals surface area contributed by atoms with Gasteiger partial charge in [0.15, 0.2) is 0 Å². The number of carbonyl (C=O) groups excluding carboxylic acids is 1. The van der Waals surface area contributed by atoms with Crippen LogP contribution in [0.1, 0.15) is 17.3 Å². The van der Waals surface area contributed by atoms with Gasteiger partial charge in [-0.25, -0.2) is 0 Å². The molecule has 1 N–H and O–H groups in total. The fourth-order valence-electron chi connectivity index (χ4n) is 1.71. The molecule has 0 aliphatic carbocycles. The van der Waals surface area contributed by atoms with E-state index in [9.17, 15) is 9.59 Å². The van der Waals surface area contributed by atoms with Gasteiger partial charge in [0.25, 0.3) is 5.91 Å². The molecule has 5 heteroatoms. The Kier molecular flexibility index (Phi) is 4.92. The smallest absolute Gasteiger partial charge is 0.308 e. The Morgan fingerprint density at radius 2 is 1.89 bits per heavy atom. The molecule has 1 aromatic rings. The van der Waals surface area contributed by atoms with Crippen LogP contribution in [0.25, 0.3) is 0 Å². The first-order valence-electron chi connectivity index (χ1n) is 6.08. The monoisotopic (exact) mass is 264 g/mol. The van der Waals surface area contributed by atoms with Crippen LogP contribution >= 0.6 is 0 Å². The number of amides is 1. The van der Waals surface area contributed by atoms with Gasteiger partial charge >= 0.3 is 5.97 Å². The molecule has 1 amide bonds. The van der Waals surface area contributed by atoms with Crippen molar-refractivity contribution in [1.29, 1.82) is 0 Å². The zero-order chi connectivity index (χ0) is 14.6. The average Bonchev–Trinajstić information content (AvgIpc) is 2.37. The van der Waals surface area contributed by atoms with Crippen molar-refractivity contribution < 1.29 is 14.7 Å². The zero-order valence-electron chi connectivity index (χ0n) is 11.8. The summed E-state index contributed by atoms with van der Waals surface area (Å²) in [7, 11) is 5.42. The van der Waals surface area contributed by atoms with E-state index in [4.69, 9.17) is 5.11 Å². The lowest BCUT2D eigenvalue weighted by Crippen LogP contribution is -2.33. The van der Waals surface area contributed by atoms with Gasteiger partial charge < -0.3 is 14.9 Å². The van der Waals surface area contributed by atoms with Crippen LogP contribution < -0.4 is 4.90 Å². The molecular weight excluding hydrogens is 244 g/mol. The summed E-state index contributed by atoms with van der Waals surface area (Å²) in [5, 5.41) is 8.86. The third-order valence-electron chi connectivity index (χ3n) is 2.93. The van der Waals surface area contributed by atoms with E-state index in [0.717, 1.165) is 5.69 Å². The first kappa shape index (κ1) is 15.0. The maximum Gasteiger partial charge on any atom is 0.308 e. The molecule has 1 rings (SSSR count). The number of hydrogen-bond acceptors (Lipinski definition) is 3. The van der Waals surface area contributed by atoms with E-state index >= 15 is 0 Å². The molecular formula is C14H20N2O3. The van der Waals surface area contributed by atoms with Crippen molar-refractivity contribution in [3.63, 3.8) is 0 Å². The van der Waals surface area contributed by atoms with Gasteiger partial charge in [-0.3, -0.25) is 9.59 Å². The molecule has 0 spiro atoms. The van der Waals surface area contributed by atoms with Crippen molar-refractivity contribution >= 4 is 17.6 Å². The summed E-state index contributed by atoms with van der Waals surface area (Å²) in [5.41, 5.74) is 1.50. The number of hydrogen-bond donors (Lipinski definition) is 1. The normalized spacial score (nSPS) is 11.8. The molecule has 1 atom stereocenters. The van der Waals surface area contributed by atoms with E-state index in [0.29, 0.717) is 5.56 Å². The number of anilines is 1.